The van der Waals surface area contributed by atoms with E-state index in [9.17, 15) is 29.3 Å². The molecule has 0 aliphatic carbocycles. The van der Waals surface area contributed by atoms with Crippen LogP contribution in [-0.2, 0) is 20.8 Å². The number of hydrogen-bond acceptors (Lipinski definition) is 7. The van der Waals surface area contributed by atoms with E-state index in [2.05, 4.69) is 5.32 Å². The molecule has 1 aromatic rings. The minimum atomic E-state index is -1.29. The number of benzene rings is 1. The number of para-hydroxylation sites is 1. The third kappa shape index (κ3) is 5.20. The molecule has 2 aliphatic rings. The predicted molar refractivity (Wildman–Crippen MR) is 119 cm³/mol. The molecule has 1 saturated heterocycles. The van der Waals surface area contributed by atoms with Crippen molar-refractivity contribution in [3.05, 3.63) is 29.3 Å². The number of carbonyl (C=O) groups excluding carboxylic acids is 4. The Morgan fingerprint density at radius 3 is 2.64 bits per heavy atom. The van der Waals surface area contributed by atoms with Crippen molar-refractivity contribution in [1.29, 1.82) is 0 Å². The highest BCUT2D eigenvalue weighted by Gasteiger charge is 2.41. The van der Waals surface area contributed by atoms with Crippen molar-refractivity contribution in [2.24, 2.45) is 0 Å². The lowest BCUT2D eigenvalue weighted by Gasteiger charge is -2.33. The average Bonchev–Trinajstić information content (AvgIpc) is 2.79. The molecule has 178 valence electrons. The summed E-state index contributed by atoms with van der Waals surface area (Å²) in [7, 11) is -1.21. The Morgan fingerprint density at radius 2 is 1.97 bits per heavy atom. The number of piperazine rings is 1. The number of Topliss-reactive ketones (excluding diaryl/α,β-unsaturated/α-hetero) is 1. The number of imide groups is 1. The second kappa shape index (κ2) is 10.3. The van der Waals surface area contributed by atoms with Crippen LogP contribution in [0, 0.1) is 6.92 Å². The van der Waals surface area contributed by atoms with E-state index in [0.29, 0.717) is 18.7 Å². The van der Waals surface area contributed by atoms with E-state index in [1.165, 1.54) is 4.90 Å². The maximum atomic E-state index is 13.1. The highest BCUT2D eigenvalue weighted by molar-refractivity contribution is 6.46. The van der Waals surface area contributed by atoms with Gasteiger partial charge in [0, 0.05) is 31.9 Å². The van der Waals surface area contributed by atoms with E-state index in [0.717, 1.165) is 16.0 Å². The summed E-state index contributed by atoms with van der Waals surface area (Å²) in [6, 6.07) is 3.41. The van der Waals surface area contributed by atoms with Crippen LogP contribution in [0.15, 0.2) is 18.2 Å². The predicted octanol–water partition coefficient (Wildman–Crippen LogP) is 0.280. The lowest BCUT2D eigenvalue weighted by molar-refractivity contribution is -0.153. The molecule has 11 heteroatoms. The topological polar surface area (TPSA) is 136 Å². The van der Waals surface area contributed by atoms with Gasteiger partial charge in [0.25, 0.3) is 0 Å². The largest absolute Gasteiger partial charge is 0.536 e. The Hall–Kier alpha value is -2.92. The molecule has 33 heavy (non-hydrogen) atoms. The number of urea groups is 1. The number of fused-ring (bicyclic) bond motifs is 1. The van der Waals surface area contributed by atoms with Gasteiger partial charge in [-0.25, -0.2) is 4.79 Å². The van der Waals surface area contributed by atoms with Crippen molar-refractivity contribution < 1.29 is 34.0 Å². The number of amides is 4. The van der Waals surface area contributed by atoms with Gasteiger partial charge in [0.15, 0.2) is 5.78 Å². The standard InChI is InChI=1S/C22H30BN3O7/c1-4-16(27)18(24-22(31)26-10-9-25(5-2)20(29)21(26)30)17(28)12-15-11-14-8-6-7-13(3)19(14)33-23(15)32/h6-8,15-16,18,27,32H,4-5,9-12H2,1-3H3,(H,24,31)/t15-,16?,18+/m1/s1. The lowest BCUT2D eigenvalue weighted by Crippen LogP contribution is -2.61. The van der Waals surface area contributed by atoms with Crippen molar-refractivity contribution >= 4 is 30.7 Å². The summed E-state index contributed by atoms with van der Waals surface area (Å²) in [4.78, 5) is 52.3. The fourth-order valence-corrected chi connectivity index (χ4v) is 4.21. The van der Waals surface area contributed by atoms with Crippen LogP contribution in [0.4, 0.5) is 4.79 Å². The third-order valence-corrected chi connectivity index (χ3v) is 6.25. The summed E-state index contributed by atoms with van der Waals surface area (Å²) >= 11 is 0. The van der Waals surface area contributed by atoms with E-state index in [1.54, 1.807) is 13.8 Å². The maximum Gasteiger partial charge on any atom is 0.526 e. The molecule has 0 aromatic heterocycles. The lowest BCUT2D eigenvalue weighted by atomic mass is 9.64. The minimum Gasteiger partial charge on any atom is -0.536 e. The molecule has 3 rings (SSSR count). The van der Waals surface area contributed by atoms with Gasteiger partial charge in [-0.15, -0.1) is 0 Å². The monoisotopic (exact) mass is 459 g/mol. The first-order valence-electron chi connectivity index (χ1n) is 11.2. The fourth-order valence-electron chi connectivity index (χ4n) is 4.21. The van der Waals surface area contributed by atoms with Gasteiger partial charge in [-0.1, -0.05) is 25.1 Å². The molecular formula is C22H30BN3O7. The van der Waals surface area contributed by atoms with Gasteiger partial charge in [0.05, 0.1) is 6.10 Å². The number of aryl methyl sites for hydroxylation is 1. The molecule has 2 aliphatic heterocycles. The normalized spacial score (nSPS) is 20.2. The van der Waals surface area contributed by atoms with Crippen LogP contribution in [0.3, 0.4) is 0 Å². The maximum absolute atomic E-state index is 13.1. The zero-order valence-electron chi connectivity index (χ0n) is 19.1. The van der Waals surface area contributed by atoms with Gasteiger partial charge in [-0.3, -0.25) is 19.3 Å². The first-order valence-corrected chi connectivity index (χ1v) is 11.2. The molecule has 1 fully saturated rings. The number of carbonyl (C=O) groups is 4. The smallest absolute Gasteiger partial charge is 0.526 e. The first kappa shape index (κ1) is 24.7. The Kier molecular flexibility index (Phi) is 7.75. The molecule has 0 bridgehead atoms. The second-order valence-electron chi connectivity index (χ2n) is 8.45. The van der Waals surface area contributed by atoms with Gasteiger partial charge in [-0.05, 0) is 37.8 Å². The van der Waals surface area contributed by atoms with Crippen LogP contribution in [0.1, 0.15) is 37.8 Å². The number of nitrogens with one attached hydrogen (secondary N) is 1. The highest BCUT2D eigenvalue weighted by atomic mass is 16.5. The fraction of sp³-hybridized carbons (Fsp3) is 0.545. The van der Waals surface area contributed by atoms with E-state index in [1.807, 2.05) is 25.1 Å². The van der Waals surface area contributed by atoms with Gasteiger partial charge in [0.1, 0.15) is 11.8 Å². The minimum absolute atomic E-state index is 0.00130. The van der Waals surface area contributed by atoms with Crippen molar-refractivity contribution in [1.82, 2.24) is 15.1 Å². The van der Waals surface area contributed by atoms with Crippen LogP contribution in [0.25, 0.3) is 0 Å². The van der Waals surface area contributed by atoms with E-state index < -0.39 is 48.7 Å². The molecule has 3 N–H and O–H groups in total. The molecule has 2 heterocycles. The highest BCUT2D eigenvalue weighted by Crippen LogP contribution is 2.36. The summed E-state index contributed by atoms with van der Waals surface area (Å²) in [6.45, 7) is 5.81. The van der Waals surface area contributed by atoms with Crippen LogP contribution in [-0.4, -0.2) is 82.5 Å². The molecule has 0 spiro atoms. The van der Waals surface area contributed by atoms with E-state index in [4.69, 9.17) is 4.65 Å². The number of aliphatic hydroxyl groups is 1. The number of aliphatic hydroxyl groups excluding tert-OH is 1. The number of ketones is 1. The van der Waals surface area contributed by atoms with Crippen LogP contribution in [0.5, 0.6) is 5.75 Å². The molecule has 1 aromatic carbocycles. The molecule has 3 atom stereocenters. The Morgan fingerprint density at radius 1 is 1.24 bits per heavy atom. The Bertz CT molecular complexity index is 941. The van der Waals surface area contributed by atoms with E-state index in [-0.39, 0.29) is 25.9 Å². The van der Waals surface area contributed by atoms with Crippen molar-refractivity contribution in [2.45, 2.75) is 58.0 Å². The van der Waals surface area contributed by atoms with E-state index >= 15 is 0 Å². The van der Waals surface area contributed by atoms with Gasteiger partial charge < -0.3 is 25.0 Å². The van der Waals surface area contributed by atoms with Crippen LogP contribution >= 0.6 is 0 Å². The van der Waals surface area contributed by atoms with Crippen molar-refractivity contribution in [3.63, 3.8) is 0 Å². The van der Waals surface area contributed by atoms with Crippen molar-refractivity contribution in [3.8, 4) is 5.75 Å². The molecule has 10 nitrogen and oxygen atoms in total. The van der Waals surface area contributed by atoms with Crippen LogP contribution in [0.2, 0.25) is 5.82 Å². The average molecular weight is 459 g/mol. The number of likely N-dealkylation sites (N-methyl/N-ethyl adjacent to an activating group) is 1. The Balaban J connectivity index is 1.70. The first-order chi connectivity index (χ1) is 15.7. The zero-order valence-corrected chi connectivity index (χ0v) is 19.1. The van der Waals surface area contributed by atoms with Gasteiger partial charge >= 0.3 is 25.0 Å². The summed E-state index contributed by atoms with van der Waals surface area (Å²) in [5.41, 5.74) is 1.75. The van der Waals surface area contributed by atoms with Crippen molar-refractivity contribution in [2.75, 3.05) is 19.6 Å². The summed E-state index contributed by atoms with van der Waals surface area (Å²) in [5.74, 6) is -2.21. The number of hydrogen-bond donors (Lipinski definition) is 3. The van der Waals surface area contributed by atoms with Crippen LogP contribution < -0.4 is 9.97 Å². The van der Waals surface area contributed by atoms with Gasteiger partial charge in [0.2, 0.25) is 0 Å². The number of rotatable bonds is 7. The summed E-state index contributed by atoms with van der Waals surface area (Å²) in [5, 5.41) is 23.3. The quantitative estimate of drug-likeness (QED) is 0.394. The second-order valence-corrected chi connectivity index (χ2v) is 8.45. The molecule has 0 saturated carbocycles. The third-order valence-electron chi connectivity index (χ3n) is 6.25. The number of nitrogens with zero attached hydrogens (tertiary/aromatic N) is 2. The SMILES string of the molecule is CCC(O)[C@H](NC(=O)N1CCN(CC)C(=O)C1=O)C(=O)C[C@H]1Cc2cccc(C)c2OB1O. The molecule has 4 amide bonds. The molecule has 0 radical (unpaired) electrons. The molecular weight excluding hydrogens is 429 g/mol. The van der Waals surface area contributed by atoms with Gasteiger partial charge in [-0.2, -0.15) is 0 Å². The summed E-state index contributed by atoms with van der Waals surface area (Å²) in [6.07, 6.45) is -0.759. The zero-order chi connectivity index (χ0) is 24.3. The Labute approximate surface area is 193 Å². The molecule has 1 unspecified atom stereocenters. The summed E-state index contributed by atoms with van der Waals surface area (Å²) < 4.78 is 5.62.